The Balaban J connectivity index is 0.00000289. The van der Waals surface area contributed by atoms with E-state index in [0.717, 1.165) is 26.1 Å². The molecule has 1 saturated heterocycles. The molecule has 3 N–H and O–H groups in total. The lowest BCUT2D eigenvalue weighted by Gasteiger charge is -2.28. The molecule has 108 valence electrons. The highest BCUT2D eigenvalue weighted by Gasteiger charge is 2.27. The van der Waals surface area contributed by atoms with Crippen molar-refractivity contribution < 1.29 is 9.53 Å². The minimum atomic E-state index is -0.392. The van der Waals surface area contributed by atoms with Gasteiger partial charge in [-0.15, -0.1) is 12.4 Å². The predicted octanol–water partition coefficient (Wildman–Crippen LogP) is 1.42. The molecule has 1 atom stereocenters. The van der Waals surface area contributed by atoms with Crippen LogP contribution in [0, 0.1) is 5.92 Å². The van der Waals surface area contributed by atoms with Gasteiger partial charge in [-0.2, -0.15) is 11.8 Å². The van der Waals surface area contributed by atoms with Crippen molar-refractivity contribution in [2.45, 2.75) is 37.5 Å². The monoisotopic (exact) mass is 296 g/mol. The third-order valence-electron chi connectivity index (χ3n) is 3.32. The van der Waals surface area contributed by atoms with Crippen LogP contribution in [0.5, 0.6) is 0 Å². The van der Waals surface area contributed by atoms with Gasteiger partial charge in [0.1, 0.15) is 0 Å². The lowest BCUT2D eigenvalue weighted by atomic mass is 9.92. The van der Waals surface area contributed by atoms with E-state index in [2.05, 4.69) is 19.2 Å². The van der Waals surface area contributed by atoms with E-state index in [1.165, 1.54) is 0 Å². The Morgan fingerprint density at radius 3 is 2.56 bits per heavy atom. The Bertz CT molecular complexity index is 258. The first-order chi connectivity index (χ1) is 7.96. The molecule has 1 rings (SSSR count). The lowest BCUT2D eigenvalue weighted by molar-refractivity contribution is -0.124. The first-order valence-corrected chi connectivity index (χ1v) is 7.35. The smallest absolute Gasteiger partial charge is 0.237 e. The molecule has 0 aromatic heterocycles. The van der Waals surface area contributed by atoms with Gasteiger partial charge in [-0.3, -0.25) is 4.79 Å². The quantitative estimate of drug-likeness (QED) is 0.805. The maximum Gasteiger partial charge on any atom is 0.237 e. The molecule has 1 unspecified atom stereocenters. The van der Waals surface area contributed by atoms with E-state index in [0.29, 0.717) is 6.54 Å². The van der Waals surface area contributed by atoms with E-state index in [4.69, 9.17) is 10.5 Å². The molecule has 1 heterocycles. The number of nitrogens with two attached hydrogens (primary N) is 1. The van der Waals surface area contributed by atoms with Gasteiger partial charge in [-0.05, 0) is 38.9 Å². The van der Waals surface area contributed by atoms with E-state index in [-0.39, 0.29) is 29.0 Å². The second-order valence-electron chi connectivity index (χ2n) is 5.16. The van der Waals surface area contributed by atoms with Gasteiger partial charge in [-0.1, -0.05) is 0 Å². The molecular weight excluding hydrogens is 272 g/mol. The summed E-state index contributed by atoms with van der Waals surface area (Å²) in [5.41, 5.74) is 5.99. The number of halogens is 1. The molecule has 0 aromatic rings. The summed E-state index contributed by atoms with van der Waals surface area (Å²) in [6.45, 7) is 6.32. The number of carbonyl (C=O) groups is 1. The molecular formula is C12H25ClN2O2S. The average Bonchev–Trinajstić information content (AvgIpc) is 2.36. The van der Waals surface area contributed by atoms with Gasteiger partial charge in [0.2, 0.25) is 5.91 Å². The molecule has 1 aliphatic rings. The zero-order chi connectivity index (χ0) is 12.9. The maximum absolute atomic E-state index is 11.9. The van der Waals surface area contributed by atoms with Crippen molar-refractivity contribution >= 4 is 30.1 Å². The molecule has 18 heavy (non-hydrogen) atoms. The fourth-order valence-electron chi connectivity index (χ4n) is 1.78. The fourth-order valence-corrected chi connectivity index (χ4v) is 2.00. The van der Waals surface area contributed by atoms with Gasteiger partial charge in [0.25, 0.3) is 0 Å². The summed E-state index contributed by atoms with van der Waals surface area (Å²) in [5, 5.41) is 2.95. The molecule has 4 nitrogen and oxygen atoms in total. The summed E-state index contributed by atoms with van der Waals surface area (Å²) in [6, 6.07) is -0.392. The van der Waals surface area contributed by atoms with Gasteiger partial charge in [-0.25, -0.2) is 0 Å². The Hall–Kier alpha value is 0.0300. The fraction of sp³-hybridized carbons (Fsp3) is 0.917. The summed E-state index contributed by atoms with van der Waals surface area (Å²) < 4.78 is 5.33. The van der Waals surface area contributed by atoms with E-state index in [1.807, 2.05) is 6.26 Å². The van der Waals surface area contributed by atoms with Crippen LogP contribution in [0.4, 0.5) is 0 Å². The van der Waals surface area contributed by atoms with Crippen LogP contribution in [-0.2, 0) is 9.53 Å². The molecule has 0 aromatic carbocycles. The number of carbonyl (C=O) groups excluding carboxylic acids is 1. The third kappa shape index (κ3) is 5.78. The average molecular weight is 297 g/mol. The van der Waals surface area contributed by atoms with Crippen molar-refractivity contribution in [3.63, 3.8) is 0 Å². The summed E-state index contributed by atoms with van der Waals surface area (Å²) in [7, 11) is 0. The van der Waals surface area contributed by atoms with Crippen LogP contribution in [-0.4, -0.2) is 42.7 Å². The number of ether oxygens (including phenoxy) is 1. The molecule has 0 spiro atoms. The van der Waals surface area contributed by atoms with E-state index in [9.17, 15) is 4.79 Å². The zero-order valence-corrected chi connectivity index (χ0v) is 13.0. The van der Waals surface area contributed by atoms with Gasteiger partial charge in [0.05, 0.1) is 6.04 Å². The van der Waals surface area contributed by atoms with Crippen molar-refractivity contribution in [1.29, 1.82) is 0 Å². The van der Waals surface area contributed by atoms with Crippen molar-refractivity contribution in [2.24, 2.45) is 11.7 Å². The molecule has 1 amide bonds. The first-order valence-electron chi connectivity index (χ1n) is 6.12. The van der Waals surface area contributed by atoms with Crippen molar-refractivity contribution in [1.82, 2.24) is 5.32 Å². The zero-order valence-electron chi connectivity index (χ0n) is 11.4. The molecule has 0 saturated carbocycles. The van der Waals surface area contributed by atoms with Crippen molar-refractivity contribution in [3.8, 4) is 0 Å². The minimum Gasteiger partial charge on any atom is -0.381 e. The SMILES string of the molecule is CSC(C)(C)CNC(=O)C(N)C1CCOCC1.Cl. The van der Waals surface area contributed by atoms with Crippen LogP contribution >= 0.6 is 24.2 Å². The van der Waals surface area contributed by atoms with E-state index < -0.39 is 6.04 Å². The minimum absolute atomic E-state index is 0. The van der Waals surface area contributed by atoms with Crippen LogP contribution in [0.25, 0.3) is 0 Å². The van der Waals surface area contributed by atoms with Crippen molar-refractivity contribution in [2.75, 3.05) is 26.0 Å². The highest BCUT2D eigenvalue weighted by Crippen LogP contribution is 2.20. The number of hydrogen-bond acceptors (Lipinski definition) is 4. The maximum atomic E-state index is 11.9. The van der Waals surface area contributed by atoms with Crippen molar-refractivity contribution in [3.05, 3.63) is 0 Å². The Morgan fingerprint density at radius 1 is 1.50 bits per heavy atom. The number of nitrogens with one attached hydrogen (secondary N) is 1. The number of hydrogen-bond donors (Lipinski definition) is 2. The lowest BCUT2D eigenvalue weighted by Crippen LogP contribution is -2.49. The van der Waals surface area contributed by atoms with Gasteiger partial charge < -0.3 is 15.8 Å². The largest absolute Gasteiger partial charge is 0.381 e. The molecule has 1 aliphatic heterocycles. The van der Waals surface area contributed by atoms with Crippen LogP contribution in [0.2, 0.25) is 0 Å². The Labute approximate surface area is 120 Å². The molecule has 0 aliphatic carbocycles. The van der Waals surface area contributed by atoms with E-state index >= 15 is 0 Å². The number of rotatable bonds is 5. The Morgan fingerprint density at radius 2 is 2.06 bits per heavy atom. The number of amides is 1. The van der Waals surface area contributed by atoms with Gasteiger partial charge in [0.15, 0.2) is 0 Å². The highest BCUT2D eigenvalue weighted by atomic mass is 35.5. The Kier molecular flexibility index (Phi) is 8.26. The second-order valence-corrected chi connectivity index (χ2v) is 6.67. The number of thioether (sulfide) groups is 1. The highest BCUT2D eigenvalue weighted by molar-refractivity contribution is 7.99. The summed E-state index contributed by atoms with van der Waals surface area (Å²) in [6.07, 6.45) is 3.82. The van der Waals surface area contributed by atoms with Gasteiger partial charge >= 0.3 is 0 Å². The topological polar surface area (TPSA) is 64.4 Å². The standard InChI is InChI=1S/C12H24N2O2S.ClH/c1-12(2,17-3)8-14-11(15)10(13)9-4-6-16-7-5-9;/h9-10H,4-8,13H2,1-3H3,(H,14,15);1H. The molecule has 0 bridgehead atoms. The molecule has 0 radical (unpaired) electrons. The normalized spacial score (nSPS) is 18.9. The van der Waals surface area contributed by atoms with Crippen LogP contribution in [0.15, 0.2) is 0 Å². The summed E-state index contributed by atoms with van der Waals surface area (Å²) in [4.78, 5) is 11.9. The molecule has 1 fully saturated rings. The van der Waals surface area contributed by atoms with Gasteiger partial charge in [0, 0.05) is 24.5 Å². The van der Waals surface area contributed by atoms with Crippen LogP contribution in [0.3, 0.4) is 0 Å². The van der Waals surface area contributed by atoms with Crippen LogP contribution in [0.1, 0.15) is 26.7 Å². The summed E-state index contributed by atoms with van der Waals surface area (Å²) >= 11 is 1.74. The predicted molar refractivity (Wildman–Crippen MR) is 79.4 cm³/mol. The third-order valence-corrected chi connectivity index (χ3v) is 4.57. The molecule has 6 heteroatoms. The van der Waals surface area contributed by atoms with E-state index in [1.54, 1.807) is 11.8 Å². The summed E-state index contributed by atoms with van der Waals surface area (Å²) in [5.74, 6) is 0.236. The second kappa shape index (κ2) is 8.25. The first kappa shape index (κ1) is 18.0. The van der Waals surface area contributed by atoms with Crippen LogP contribution < -0.4 is 11.1 Å².